The molecular weight excluding hydrogens is 226 g/mol. The minimum atomic E-state index is 0.0396. The van der Waals surface area contributed by atoms with Gasteiger partial charge in [0.1, 0.15) is 4.60 Å². The van der Waals surface area contributed by atoms with Crippen molar-refractivity contribution in [3.63, 3.8) is 0 Å². The van der Waals surface area contributed by atoms with Crippen LogP contribution in [0, 0.1) is 0 Å². The molecule has 11 heavy (non-hydrogen) atoms. The van der Waals surface area contributed by atoms with Gasteiger partial charge in [0.05, 0.1) is 8.25 Å². The van der Waals surface area contributed by atoms with E-state index in [1.807, 2.05) is 0 Å². The lowest BCUT2D eigenvalue weighted by molar-refractivity contribution is 0.846. The normalized spacial score (nSPS) is 12.8. The van der Waals surface area contributed by atoms with Crippen molar-refractivity contribution in [3.8, 4) is 5.82 Å². The highest BCUT2D eigenvalue weighted by Gasteiger charge is 1.98. The molecule has 0 aromatic carbocycles. The molecule has 3 nitrogen and oxygen atoms in total. The molecule has 0 atom stereocenters. The zero-order valence-electron chi connectivity index (χ0n) is 7.28. The molecule has 0 aliphatic carbocycles. The van der Waals surface area contributed by atoms with Crippen molar-refractivity contribution in [3.05, 3.63) is 27.7 Å². The van der Waals surface area contributed by atoms with E-state index in [9.17, 15) is 0 Å². The molecule has 0 aliphatic heterocycles. The molecule has 2 heterocycles. The summed E-state index contributed by atoms with van der Waals surface area (Å²) in [6.07, 6.45) is 0.0396. The summed E-state index contributed by atoms with van der Waals surface area (Å²) >= 11 is 4.52. The molecule has 2 rings (SSSR count). The lowest BCUT2D eigenvalue weighted by Crippen LogP contribution is -1.93. The van der Waals surface area contributed by atoms with Gasteiger partial charge in [-0.3, -0.25) is 0 Å². The van der Waals surface area contributed by atoms with Crippen LogP contribution in [0.25, 0.3) is 5.82 Å². The van der Waals surface area contributed by atoms with Crippen LogP contribution in [0.15, 0.2) is 27.7 Å². The van der Waals surface area contributed by atoms with Crippen molar-refractivity contribution in [1.29, 1.82) is 0 Å². The quantitative estimate of drug-likeness (QED) is 0.753. The van der Waals surface area contributed by atoms with E-state index >= 15 is 0 Å². The molecule has 2 aromatic heterocycles. The first-order valence-electron chi connectivity index (χ1n) is 3.80. The van der Waals surface area contributed by atoms with Crippen LogP contribution in [-0.2, 0) is 0 Å². The van der Waals surface area contributed by atoms with Crippen LogP contribution < -0.4 is 0 Å². The average molecular weight is 232 g/mol. The molecule has 0 radical (unpaired) electrons. The van der Waals surface area contributed by atoms with Crippen LogP contribution in [0.4, 0.5) is 0 Å². The number of hydrogen-bond acceptors (Lipinski definition) is 3. The van der Waals surface area contributed by atoms with Gasteiger partial charge in [-0.2, -0.15) is 5.10 Å². The summed E-state index contributed by atoms with van der Waals surface area (Å²) in [5.74, 6) is 0.578. The third-order valence-corrected chi connectivity index (χ3v) is 2.02. The van der Waals surface area contributed by atoms with E-state index in [0.29, 0.717) is 10.4 Å². The molecule has 2 aromatic rings. The van der Waals surface area contributed by atoms with Gasteiger partial charge in [0.15, 0.2) is 5.82 Å². The first-order valence-corrected chi connectivity index (χ1v) is 4.54. The summed E-state index contributed by atoms with van der Waals surface area (Å²) in [6.45, 7) is 0. The van der Waals surface area contributed by atoms with Gasteiger partial charge >= 0.3 is 0 Å². The van der Waals surface area contributed by atoms with Crippen LogP contribution in [-0.4, -0.2) is 14.8 Å². The Balaban J connectivity index is 2.59. The van der Waals surface area contributed by atoms with Crippen LogP contribution in [0.3, 0.4) is 0 Å². The average Bonchev–Trinajstić information content (AvgIpc) is 2.70. The Hall–Kier alpha value is -0.680. The molecule has 5 heteroatoms. The minimum Gasteiger partial charge on any atom is -0.226 e. The maximum atomic E-state index is 7.54. The number of thiazole rings is 1. The van der Waals surface area contributed by atoms with E-state index in [1.54, 1.807) is 10.9 Å². The highest BCUT2D eigenvalue weighted by molar-refractivity contribution is 9.10. The van der Waals surface area contributed by atoms with Crippen molar-refractivity contribution >= 4 is 27.3 Å². The van der Waals surface area contributed by atoms with Gasteiger partial charge in [0.25, 0.3) is 0 Å². The molecule has 0 saturated carbocycles. The zero-order chi connectivity index (χ0) is 9.42. The van der Waals surface area contributed by atoms with Crippen LogP contribution in [0.2, 0.25) is 0 Å². The van der Waals surface area contributed by atoms with Gasteiger partial charge in [-0.15, -0.1) is 11.3 Å². The maximum absolute atomic E-state index is 7.54. The lowest BCUT2D eigenvalue weighted by atomic mass is 10.7. The first kappa shape index (κ1) is 5.05. The number of halogens is 1. The number of rotatable bonds is 1. The topological polar surface area (TPSA) is 30.7 Å². The van der Waals surface area contributed by atoms with E-state index in [1.165, 1.54) is 16.0 Å². The summed E-state index contributed by atoms with van der Waals surface area (Å²) in [6, 6.07) is 0.0769. The third kappa shape index (κ3) is 1.34. The van der Waals surface area contributed by atoms with Crippen LogP contribution >= 0.6 is 27.3 Å². The molecule has 0 fully saturated rings. The van der Waals surface area contributed by atoms with E-state index < -0.39 is 0 Å². The largest absolute Gasteiger partial charge is 0.226 e. The van der Waals surface area contributed by atoms with Crippen molar-refractivity contribution in [1.82, 2.24) is 14.8 Å². The summed E-state index contributed by atoms with van der Waals surface area (Å²) < 4.78 is 16.7. The Bertz CT molecular complexity index is 425. The van der Waals surface area contributed by atoms with Gasteiger partial charge in [-0.25, -0.2) is 9.67 Å². The van der Waals surface area contributed by atoms with Gasteiger partial charge in [-0.1, -0.05) is 0 Å². The molecule has 0 spiro atoms. The zero-order valence-corrected chi connectivity index (χ0v) is 7.69. The van der Waals surface area contributed by atoms with E-state index in [4.69, 9.17) is 2.74 Å². The number of hydrogen-bond donors (Lipinski definition) is 0. The Morgan fingerprint density at radius 3 is 3.18 bits per heavy atom. The maximum Gasteiger partial charge on any atom is 0.164 e. The fourth-order valence-corrected chi connectivity index (χ4v) is 1.42. The van der Waals surface area contributed by atoms with Gasteiger partial charge in [-0.05, 0) is 22.0 Å². The standard InChI is InChI=1S/C6H4BrN3S/c7-5-1-2-10(9-5)6-3-11-4-8-6/h1-4H/i1D,2D. The van der Waals surface area contributed by atoms with E-state index in [-0.39, 0.29) is 12.2 Å². The highest BCUT2D eigenvalue weighted by atomic mass is 79.9. The van der Waals surface area contributed by atoms with Crippen molar-refractivity contribution < 1.29 is 2.74 Å². The van der Waals surface area contributed by atoms with Crippen molar-refractivity contribution in [2.75, 3.05) is 0 Å². The molecule has 0 bridgehead atoms. The third-order valence-electron chi connectivity index (χ3n) is 1.09. The number of nitrogens with zero attached hydrogens (tertiary/aromatic N) is 3. The molecule has 56 valence electrons. The molecule has 0 unspecified atom stereocenters. The van der Waals surface area contributed by atoms with Gasteiger partial charge < -0.3 is 0 Å². The predicted molar refractivity (Wildman–Crippen MR) is 46.9 cm³/mol. The Morgan fingerprint density at radius 1 is 1.73 bits per heavy atom. The SMILES string of the molecule is [2H]c1c(Br)nn(-c2cscn2)c1[2H]. The fraction of sp³-hybridized carbons (Fsp3) is 0. The molecular formula is C6H4BrN3S. The van der Waals surface area contributed by atoms with Gasteiger partial charge in [0.2, 0.25) is 0 Å². The molecule has 0 aliphatic rings. The Labute approximate surface area is 78.6 Å². The fourth-order valence-electron chi connectivity index (χ4n) is 0.656. The molecule has 0 amide bonds. The minimum absolute atomic E-state index is 0.0396. The highest BCUT2D eigenvalue weighted by Crippen LogP contribution is 2.10. The second-order valence-corrected chi connectivity index (χ2v) is 3.26. The van der Waals surface area contributed by atoms with Crippen molar-refractivity contribution in [2.24, 2.45) is 0 Å². The second kappa shape index (κ2) is 2.75. The van der Waals surface area contributed by atoms with E-state index in [0.717, 1.165) is 0 Å². The van der Waals surface area contributed by atoms with Crippen LogP contribution in [0.1, 0.15) is 2.74 Å². The lowest BCUT2D eigenvalue weighted by Gasteiger charge is -1.90. The summed E-state index contributed by atoms with van der Waals surface area (Å²) in [5.41, 5.74) is 1.66. The van der Waals surface area contributed by atoms with E-state index in [2.05, 4.69) is 26.0 Å². The molecule has 0 saturated heterocycles. The second-order valence-electron chi connectivity index (χ2n) is 1.79. The first-order chi connectivity index (χ1) is 6.20. The smallest absolute Gasteiger partial charge is 0.164 e. The van der Waals surface area contributed by atoms with Gasteiger partial charge in [0, 0.05) is 11.6 Å². The predicted octanol–water partition coefficient (Wildman–Crippen LogP) is 2.09. The summed E-state index contributed by atoms with van der Waals surface area (Å²) in [4.78, 5) is 4.00. The Kier molecular flexibility index (Phi) is 1.26. The summed E-state index contributed by atoms with van der Waals surface area (Å²) in [5, 5.41) is 5.73. The Morgan fingerprint density at radius 2 is 2.64 bits per heavy atom. The molecule has 0 N–H and O–H groups in total. The van der Waals surface area contributed by atoms with Crippen LogP contribution in [0.5, 0.6) is 0 Å². The summed E-state index contributed by atoms with van der Waals surface area (Å²) in [7, 11) is 0. The number of aromatic nitrogens is 3. The monoisotopic (exact) mass is 231 g/mol. The van der Waals surface area contributed by atoms with Crippen molar-refractivity contribution in [2.45, 2.75) is 0 Å².